The lowest BCUT2D eigenvalue weighted by Gasteiger charge is -2.35. The molecule has 4 rings (SSSR count). The lowest BCUT2D eigenvalue weighted by atomic mass is 10.1. The van der Waals surface area contributed by atoms with Crippen molar-refractivity contribution in [1.29, 1.82) is 0 Å². The van der Waals surface area contributed by atoms with Crippen LogP contribution in [-0.2, 0) is 11.2 Å². The van der Waals surface area contributed by atoms with E-state index in [9.17, 15) is 4.39 Å². The standard InChI is InChI=1S/C18H18FN3O2/c1-2-13-4-6-17(24-13)16-10-23-8-7-22(16)18-14-9-12(19)3-5-15(14)20-11-21-18/h3-6,9,11,16H,2,7-8,10H2,1H3. The molecule has 0 N–H and O–H groups in total. The van der Waals surface area contributed by atoms with Gasteiger partial charge < -0.3 is 14.1 Å². The van der Waals surface area contributed by atoms with Crippen molar-refractivity contribution in [2.75, 3.05) is 24.7 Å². The number of morpholine rings is 1. The first-order valence-electron chi connectivity index (χ1n) is 8.09. The normalized spacial score (nSPS) is 18.2. The molecule has 0 bridgehead atoms. The molecule has 0 saturated carbocycles. The number of furan rings is 1. The topological polar surface area (TPSA) is 51.4 Å². The molecule has 1 atom stereocenters. The van der Waals surface area contributed by atoms with Gasteiger partial charge in [-0.3, -0.25) is 0 Å². The van der Waals surface area contributed by atoms with Crippen LogP contribution >= 0.6 is 0 Å². The molecule has 1 saturated heterocycles. The first-order valence-corrected chi connectivity index (χ1v) is 8.09. The third-order valence-electron chi connectivity index (χ3n) is 4.34. The second kappa shape index (κ2) is 6.20. The first kappa shape index (κ1) is 15.1. The summed E-state index contributed by atoms with van der Waals surface area (Å²) in [6.45, 7) is 3.82. The molecular formula is C18H18FN3O2. The van der Waals surface area contributed by atoms with E-state index in [-0.39, 0.29) is 11.9 Å². The molecule has 3 aromatic rings. The third kappa shape index (κ3) is 2.63. The van der Waals surface area contributed by atoms with Gasteiger partial charge in [0.1, 0.15) is 35.5 Å². The number of benzene rings is 1. The molecule has 1 fully saturated rings. The van der Waals surface area contributed by atoms with Crippen LogP contribution < -0.4 is 4.90 Å². The van der Waals surface area contributed by atoms with Gasteiger partial charge in [0.15, 0.2) is 0 Å². The number of aryl methyl sites for hydroxylation is 1. The fraction of sp³-hybridized carbons (Fsp3) is 0.333. The predicted molar refractivity (Wildman–Crippen MR) is 88.5 cm³/mol. The molecule has 1 aliphatic heterocycles. The van der Waals surface area contributed by atoms with Crippen LogP contribution in [0.15, 0.2) is 41.1 Å². The van der Waals surface area contributed by atoms with Crippen LogP contribution in [0.1, 0.15) is 24.5 Å². The van der Waals surface area contributed by atoms with E-state index >= 15 is 0 Å². The molecule has 5 nitrogen and oxygen atoms in total. The highest BCUT2D eigenvalue weighted by molar-refractivity contribution is 5.89. The molecule has 6 heteroatoms. The van der Waals surface area contributed by atoms with E-state index in [0.717, 1.165) is 23.5 Å². The van der Waals surface area contributed by atoms with Crippen molar-refractivity contribution in [3.8, 4) is 0 Å². The van der Waals surface area contributed by atoms with Gasteiger partial charge in [-0.15, -0.1) is 0 Å². The summed E-state index contributed by atoms with van der Waals surface area (Å²) >= 11 is 0. The van der Waals surface area contributed by atoms with Gasteiger partial charge in [-0.1, -0.05) is 6.92 Å². The predicted octanol–water partition coefficient (Wildman–Crippen LogP) is 3.50. The molecule has 0 amide bonds. The van der Waals surface area contributed by atoms with Crippen LogP contribution in [-0.4, -0.2) is 29.7 Å². The van der Waals surface area contributed by atoms with Crippen LogP contribution in [0, 0.1) is 5.82 Å². The summed E-state index contributed by atoms with van der Waals surface area (Å²) in [5.41, 5.74) is 0.723. The van der Waals surface area contributed by atoms with E-state index in [1.165, 1.54) is 18.5 Å². The largest absolute Gasteiger partial charge is 0.464 e. The SMILES string of the molecule is CCc1ccc(C2COCCN2c2ncnc3ccc(F)cc23)o1. The second-order valence-electron chi connectivity index (χ2n) is 5.80. The Labute approximate surface area is 139 Å². The number of rotatable bonds is 3. The smallest absolute Gasteiger partial charge is 0.140 e. The maximum atomic E-state index is 13.7. The lowest BCUT2D eigenvalue weighted by molar-refractivity contribution is 0.0870. The molecule has 1 aromatic carbocycles. The molecule has 24 heavy (non-hydrogen) atoms. The van der Waals surface area contributed by atoms with Gasteiger partial charge in [-0.25, -0.2) is 14.4 Å². The van der Waals surface area contributed by atoms with Gasteiger partial charge in [-0.2, -0.15) is 0 Å². The third-order valence-corrected chi connectivity index (χ3v) is 4.34. The second-order valence-corrected chi connectivity index (χ2v) is 5.80. The zero-order valence-corrected chi connectivity index (χ0v) is 13.4. The Morgan fingerprint density at radius 3 is 3.00 bits per heavy atom. The number of anilines is 1. The van der Waals surface area contributed by atoms with E-state index in [0.29, 0.717) is 31.0 Å². The Morgan fingerprint density at radius 1 is 1.25 bits per heavy atom. The van der Waals surface area contributed by atoms with Crippen LogP contribution in [0.25, 0.3) is 10.9 Å². The van der Waals surface area contributed by atoms with Gasteiger partial charge in [0, 0.05) is 18.4 Å². The van der Waals surface area contributed by atoms with Crippen molar-refractivity contribution in [1.82, 2.24) is 9.97 Å². The molecular weight excluding hydrogens is 309 g/mol. The summed E-state index contributed by atoms with van der Waals surface area (Å²) in [5, 5.41) is 0.701. The fourth-order valence-corrected chi connectivity index (χ4v) is 3.10. The average molecular weight is 327 g/mol. The fourth-order valence-electron chi connectivity index (χ4n) is 3.10. The summed E-state index contributed by atoms with van der Waals surface area (Å²) in [5.74, 6) is 2.20. The van der Waals surface area contributed by atoms with Crippen molar-refractivity contribution in [3.63, 3.8) is 0 Å². The molecule has 124 valence electrons. The number of halogens is 1. The summed E-state index contributed by atoms with van der Waals surface area (Å²) in [7, 11) is 0. The van der Waals surface area contributed by atoms with E-state index in [1.54, 1.807) is 6.07 Å². The number of nitrogens with zero attached hydrogens (tertiary/aromatic N) is 3. The van der Waals surface area contributed by atoms with Crippen LogP contribution in [0.4, 0.5) is 10.2 Å². The maximum absolute atomic E-state index is 13.7. The highest BCUT2D eigenvalue weighted by Gasteiger charge is 2.29. The van der Waals surface area contributed by atoms with Crippen LogP contribution in [0.2, 0.25) is 0 Å². The van der Waals surface area contributed by atoms with E-state index in [1.807, 2.05) is 12.1 Å². The van der Waals surface area contributed by atoms with Gasteiger partial charge in [0.05, 0.1) is 18.7 Å². The summed E-state index contributed by atoms with van der Waals surface area (Å²) in [6, 6.07) is 8.45. The molecule has 1 unspecified atom stereocenters. The number of hydrogen-bond acceptors (Lipinski definition) is 5. The Kier molecular flexibility index (Phi) is 3.90. The average Bonchev–Trinajstić information content (AvgIpc) is 3.10. The van der Waals surface area contributed by atoms with Crippen LogP contribution in [0.3, 0.4) is 0 Å². The number of fused-ring (bicyclic) bond motifs is 1. The van der Waals surface area contributed by atoms with Gasteiger partial charge in [0.25, 0.3) is 0 Å². The van der Waals surface area contributed by atoms with E-state index in [4.69, 9.17) is 9.15 Å². The lowest BCUT2D eigenvalue weighted by Crippen LogP contribution is -2.40. The van der Waals surface area contributed by atoms with E-state index < -0.39 is 0 Å². The van der Waals surface area contributed by atoms with Crippen molar-refractivity contribution in [2.45, 2.75) is 19.4 Å². The van der Waals surface area contributed by atoms with Crippen molar-refractivity contribution >= 4 is 16.7 Å². The monoisotopic (exact) mass is 327 g/mol. The first-order chi connectivity index (χ1) is 11.8. The molecule has 0 radical (unpaired) electrons. The van der Waals surface area contributed by atoms with E-state index in [2.05, 4.69) is 21.8 Å². The summed E-state index contributed by atoms with van der Waals surface area (Å²) in [4.78, 5) is 10.8. The minimum Gasteiger partial charge on any atom is -0.464 e. The maximum Gasteiger partial charge on any atom is 0.140 e. The number of hydrogen-bond donors (Lipinski definition) is 0. The summed E-state index contributed by atoms with van der Waals surface area (Å²) in [6.07, 6.45) is 2.36. The quantitative estimate of drug-likeness (QED) is 0.737. The Hall–Kier alpha value is -2.47. The van der Waals surface area contributed by atoms with Gasteiger partial charge >= 0.3 is 0 Å². The molecule has 3 heterocycles. The molecule has 0 spiro atoms. The van der Waals surface area contributed by atoms with Crippen LogP contribution in [0.5, 0.6) is 0 Å². The van der Waals surface area contributed by atoms with Gasteiger partial charge in [-0.05, 0) is 30.3 Å². The van der Waals surface area contributed by atoms with Crippen molar-refractivity contribution in [2.24, 2.45) is 0 Å². The summed E-state index contributed by atoms with van der Waals surface area (Å²) < 4.78 is 25.3. The zero-order valence-electron chi connectivity index (χ0n) is 13.4. The minimum absolute atomic E-state index is 0.0829. The highest BCUT2D eigenvalue weighted by atomic mass is 19.1. The minimum atomic E-state index is -0.297. The van der Waals surface area contributed by atoms with Crippen molar-refractivity contribution in [3.05, 3.63) is 54.0 Å². The van der Waals surface area contributed by atoms with Crippen molar-refractivity contribution < 1.29 is 13.5 Å². The molecule has 2 aromatic heterocycles. The molecule has 1 aliphatic rings. The Morgan fingerprint density at radius 2 is 2.17 bits per heavy atom. The number of aromatic nitrogens is 2. The molecule has 0 aliphatic carbocycles. The van der Waals surface area contributed by atoms with Gasteiger partial charge in [0.2, 0.25) is 0 Å². The zero-order chi connectivity index (χ0) is 16.5. The Bertz CT molecular complexity index is 864. The number of ether oxygens (including phenoxy) is 1. The Balaban J connectivity index is 1.79. The highest BCUT2D eigenvalue weighted by Crippen LogP contribution is 2.33.